The second kappa shape index (κ2) is 17.0. The number of nitrogens with zero attached hydrogens (tertiary/aromatic N) is 4. The molecule has 17 heteroatoms. The van der Waals surface area contributed by atoms with E-state index in [1.54, 1.807) is 73.4 Å². The van der Waals surface area contributed by atoms with E-state index in [4.69, 9.17) is 15.5 Å². The molecule has 272 valence electrons. The summed E-state index contributed by atoms with van der Waals surface area (Å²) in [4.78, 5) is 46.2. The van der Waals surface area contributed by atoms with Crippen molar-refractivity contribution >= 4 is 29.9 Å². The summed E-state index contributed by atoms with van der Waals surface area (Å²) in [5.41, 5.74) is 3.60. The van der Waals surface area contributed by atoms with Gasteiger partial charge in [-0.05, 0) is 82.1 Å². The molecule has 3 amide bonds. The van der Waals surface area contributed by atoms with Crippen LogP contribution in [0, 0.1) is 6.92 Å². The van der Waals surface area contributed by atoms with Gasteiger partial charge in [0.25, 0.3) is 11.8 Å². The molecule has 1 aliphatic rings. The summed E-state index contributed by atoms with van der Waals surface area (Å²) in [7, 11) is 1.55. The van der Waals surface area contributed by atoms with Crippen LogP contribution in [0.5, 0.6) is 0 Å². The highest BCUT2D eigenvalue weighted by atomic mass is 32.2. The number of aryl methyl sites for hydroxylation is 1. The number of alkyl halides is 3. The number of nitrogens with two attached hydrogens (primary N) is 2. The molecule has 3 aromatic carbocycles. The van der Waals surface area contributed by atoms with E-state index in [2.05, 4.69) is 14.7 Å². The Morgan fingerprint density at radius 2 is 1.59 bits per heavy atom. The average molecular weight is 731 g/mol. The predicted molar refractivity (Wildman–Crippen MR) is 182 cm³/mol. The summed E-state index contributed by atoms with van der Waals surface area (Å²) >= 11 is 1.04. The van der Waals surface area contributed by atoms with E-state index in [0.717, 1.165) is 28.5 Å². The van der Waals surface area contributed by atoms with Crippen LogP contribution in [0.3, 0.4) is 0 Å². The van der Waals surface area contributed by atoms with Crippen molar-refractivity contribution in [2.24, 2.45) is 5.90 Å². The van der Waals surface area contributed by atoms with Crippen LogP contribution in [0.4, 0.5) is 18.0 Å². The maximum absolute atomic E-state index is 13.4. The summed E-state index contributed by atoms with van der Waals surface area (Å²) in [6.45, 7) is 8.34. The van der Waals surface area contributed by atoms with Gasteiger partial charge in [-0.1, -0.05) is 42.0 Å². The van der Waals surface area contributed by atoms with E-state index < -0.39 is 18.0 Å². The summed E-state index contributed by atoms with van der Waals surface area (Å²) in [6, 6.07) is 21.5. The van der Waals surface area contributed by atoms with Crippen molar-refractivity contribution in [1.29, 1.82) is 0 Å². The highest BCUT2D eigenvalue weighted by Crippen LogP contribution is 2.33. The number of carbonyl (C=O) groups is 3. The maximum atomic E-state index is 13.4. The van der Waals surface area contributed by atoms with Gasteiger partial charge in [0.15, 0.2) is 5.69 Å². The molecule has 1 aliphatic heterocycles. The normalized spacial score (nSPS) is 12.9. The molecule has 4 aromatic rings. The van der Waals surface area contributed by atoms with Crippen LogP contribution in [0.1, 0.15) is 52.7 Å². The number of benzene rings is 3. The Morgan fingerprint density at radius 3 is 2.12 bits per heavy atom. The topological polar surface area (TPSA) is 158 Å². The monoisotopic (exact) mass is 730 g/mol. The zero-order chi connectivity index (χ0) is 37.3. The molecular formula is C34H39F3N7O6S+. The van der Waals surface area contributed by atoms with Crippen molar-refractivity contribution in [3.63, 3.8) is 0 Å². The maximum Gasteiger partial charge on any atom is 0.435 e. The van der Waals surface area contributed by atoms with Crippen LogP contribution in [-0.4, -0.2) is 70.1 Å². The second-order valence-electron chi connectivity index (χ2n) is 12.1. The molecule has 51 heavy (non-hydrogen) atoms. The number of nitrogens with one attached hydrogen (secondary N) is 1. The largest absolute Gasteiger partial charge is 0.447 e. The lowest BCUT2D eigenvalue weighted by atomic mass is 10.1. The number of amides is 3. The van der Waals surface area contributed by atoms with Gasteiger partial charge >= 0.3 is 12.3 Å². The summed E-state index contributed by atoms with van der Waals surface area (Å²) in [5, 5.41) is 5.73. The first-order valence-electron chi connectivity index (χ1n) is 15.5. The summed E-state index contributed by atoms with van der Waals surface area (Å²) in [5.74, 6) is 4.09. The number of ether oxygens (including phenoxy) is 1. The molecule has 0 bridgehead atoms. The minimum atomic E-state index is -4.57. The van der Waals surface area contributed by atoms with Crippen LogP contribution < -0.4 is 16.2 Å². The van der Waals surface area contributed by atoms with Crippen molar-refractivity contribution in [2.75, 3.05) is 27.0 Å². The first-order valence-corrected chi connectivity index (χ1v) is 16.3. The van der Waals surface area contributed by atoms with E-state index in [9.17, 15) is 27.6 Å². The molecule has 2 heterocycles. The molecule has 13 nitrogen and oxygen atoms in total. The standard InChI is InChI=1S/C25H30F3N5O3S.C9H8N2O3/c1-17-6-8-18(9-7-17)21-16-22(25(26,27)28)29-33(21)19-10-12-20(13-11-19)37-30-23(34)36-15-14-32(31-35-5)24(2,3)4;10-14-5-11-8(12)6-3-1-2-4-7(6)9(11)13/h6-13,16,31H,14-15H2,1-5H3,(H,30,34);1-4H,5,10H2/p+1. The van der Waals surface area contributed by atoms with Crippen molar-refractivity contribution in [2.45, 2.75) is 44.3 Å². The highest BCUT2D eigenvalue weighted by molar-refractivity contribution is 7.98. The van der Waals surface area contributed by atoms with Crippen LogP contribution in [0.25, 0.3) is 16.9 Å². The van der Waals surface area contributed by atoms with E-state index in [1.165, 1.54) is 4.68 Å². The third-order valence-corrected chi connectivity index (χ3v) is 8.20. The second-order valence-corrected chi connectivity index (χ2v) is 13.0. The quantitative estimate of drug-likeness (QED) is 0.0842. The Hall–Kier alpha value is -4.78. The zero-order valence-corrected chi connectivity index (χ0v) is 29.4. The third-order valence-electron chi connectivity index (χ3n) is 7.42. The Balaban J connectivity index is 0.000000345. The van der Waals surface area contributed by atoms with Crippen LogP contribution in [0.15, 0.2) is 83.8 Å². The minimum Gasteiger partial charge on any atom is -0.447 e. The smallest absolute Gasteiger partial charge is 0.435 e. The number of carbonyl (C=O) groups excluding carboxylic acids is 3. The molecule has 0 fully saturated rings. The predicted octanol–water partition coefficient (Wildman–Crippen LogP) is 4.87. The van der Waals surface area contributed by atoms with Gasteiger partial charge in [0.1, 0.15) is 13.3 Å². The number of imide groups is 1. The van der Waals surface area contributed by atoms with Gasteiger partial charge < -0.3 is 4.74 Å². The molecule has 0 spiro atoms. The van der Waals surface area contributed by atoms with Gasteiger partial charge in [-0.2, -0.15) is 23.1 Å². The van der Waals surface area contributed by atoms with Gasteiger partial charge in [-0.25, -0.2) is 20.3 Å². The number of halogens is 3. The Labute approximate surface area is 296 Å². The molecule has 0 atom stereocenters. The molecular weight excluding hydrogens is 691 g/mol. The summed E-state index contributed by atoms with van der Waals surface area (Å²) in [6.07, 6.45) is -5.18. The first-order chi connectivity index (χ1) is 24.1. The lowest BCUT2D eigenvalue weighted by Crippen LogP contribution is -2.95. The Kier molecular flexibility index (Phi) is 13.0. The van der Waals surface area contributed by atoms with Crippen LogP contribution >= 0.6 is 11.9 Å². The van der Waals surface area contributed by atoms with Crippen LogP contribution in [-0.2, 0) is 20.6 Å². The van der Waals surface area contributed by atoms with E-state index in [1.807, 2.05) is 44.8 Å². The van der Waals surface area contributed by atoms with Gasteiger partial charge in [0, 0.05) is 10.5 Å². The Morgan fingerprint density at radius 1 is 0.980 bits per heavy atom. The highest BCUT2D eigenvalue weighted by Gasteiger charge is 2.36. The van der Waals surface area contributed by atoms with Crippen molar-refractivity contribution < 1.29 is 47.6 Å². The average Bonchev–Trinajstić information content (AvgIpc) is 3.64. The number of hydrogen-bond donors (Lipinski definition) is 3. The molecule has 5 rings (SSSR count). The van der Waals surface area contributed by atoms with Crippen molar-refractivity contribution in [3.8, 4) is 16.9 Å². The van der Waals surface area contributed by atoms with E-state index >= 15 is 0 Å². The number of aromatic nitrogens is 2. The number of quaternary nitrogens is 1. The summed E-state index contributed by atoms with van der Waals surface area (Å²) < 4.78 is 49.3. The lowest BCUT2D eigenvalue weighted by molar-refractivity contribution is -1.00. The fraction of sp³-hybridized carbons (Fsp3) is 0.294. The number of rotatable bonds is 11. The lowest BCUT2D eigenvalue weighted by Gasteiger charge is -2.29. The van der Waals surface area contributed by atoms with Gasteiger partial charge in [-0.15, -0.1) is 10.6 Å². The number of hydrogen-bond acceptors (Lipinski definition) is 10. The van der Waals surface area contributed by atoms with Gasteiger partial charge in [0.05, 0.1) is 41.7 Å². The van der Waals surface area contributed by atoms with Crippen molar-refractivity contribution in [3.05, 3.63) is 101 Å². The molecule has 0 saturated carbocycles. The van der Waals surface area contributed by atoms with E-state index in [-0.39, 0.29) is 30.7 Å². The fourth-order valence-corrected chi connectivity index (χ4v) is 5.31. The first kappa shape index (κ1) is 39.0. The molecule has 0 saturated heterocycles. The SMILES string of the molecule is CO[NH2+]N(CCOC(=O)NSc1ccc(-n2nc(C(F)(F)F)cc2-c2ccc(C)cc2)cc1)C(C)(C)C.NOCN1C(=O)c2ccccc2C1=O. The number of fused-ring (bicyclic) bond motifs is 1. The molecule has 5 N–H and O–H groups in total. The Bertz CT molecular complexity index is 1780. The molecule has 0 aliphatic carbocycles. The molecule has 0 unspecified atom stereocenters. The molecule has 1 aromatic heterocycles. The van der Waals surface area contributed by atoms with E-state index in [0.29, 0.717) is 39.5 Å². The van der Waals surface area contributed by atoms with Gasteiger partial charge in [-0.3, -0.25) is 19.1 Å². The fourth-order valence-electron chi connectivity index (χ4n) is 4.77. The van der Waals surface area contributed by atoms with Gasteiger partial charge in [0.2, 0.25) is 0 Å². The van der Waals surface area contributed by atoms with Crippen molar-refractivity contribution in [1.82, 2.24) is 24.4 Å². The zero-order valence-electron chi connectivity index (χ0n) is 28.6. The molecule has 0 radical (unpaired) electrons. The van der Waals surface area contributed by atoms with Crippen LogP contribution in [0.2, 0.25) is 0 Å². The minimum absolute atomic E-state index is 0.158. The third kappa shape index (κ3) is 10.2.